The molecule has 0 radical (unpaired) electrons. The second kappa shape index (κ2) is 2.13. The Labute approximate surface area is 71.0 Å². The summed E-state index contributed by atoms with van der Waals surface area (Å²) in [6.45, 7) is 0. The van der Waals surface area contributed by atoms with E-state index in [2.05, 4.69) is 12.6 Å². The second-order valence-electron chi connectivity index (χ2n) is 3.70. The van der Waals surface area contributed by atoms with Gasteiger partial charge in [0.1, 0.15) is 0 Å². The van der Waals surface area contributed by atoms with E-state index in [1.807, 2.05) is 0 Å². The van der Waals surface area contributed by atoms with Gasteiger partial charge in [-0.25, -0.2) is 0 Å². The van der Waals surface area contributed by atoms with E-state index in [1.165, 1.54) is 0 Å². The number of rotatable bonds is 1. The van der Waals surface area contributed by atoms with Crippen molar-refractivity contribution >= 4 is 12.6 Å². The van der Waals surface area contributed by atoms with Crippen LogP contribution in [0.5, 0.6) is 0 Å². The zero-order valence-electron chi connectivity index (χ0n) is 6.14. The summed E-state index contributed by atoms with van der Waals surface area (Å²) in [4.78, 5) is 0. The van der Waals surface area contributed by atoms with Gasteiger partial charge in [0.15, 0.2) is 6.29 Å². The summed E-state index contributed by atoms with van der Waals surface area (Å²) in [5.74, 6) is 0.760. The van der Waals surface area contributed by atoms with Crippen LogP contribution in [0.15, 0.2) is 0 Å². The zero-order chi connectivity index (χ0) is 8.22. The number of hydrogen-bond acceptors (Lipinski definition) is 4. The molecule has 2 rings (SSSR count). The molecule has 0 aromatic rings. The van der Waals surface area contributed by atoms with Crippen LogP contribution < -0.4 is 5.73 Å². The number of aliphatic hydroxyl groups excluding tert-OH is 1. The first-order chi connectivity index (χ1) is 5.07. The van der Waals surface area contributed by atoms with Gasteiger partial charge >= 0.3 is 0 Å². The summed E-state index contributed by atoms with van der Waals surface area (Å²) in [6.07, 6.45) is 0.332. The van der Waals surface area contributed by atoms with Crippen molar-refractivity contribution in [3.63, 3.8) is 0 Å². The van der Waals surface area contributed by atoms with Crippen LogP contribution in [0.4, 0.5) is 0 Å². The molecule has 0 aliphatic heterocycles. The molecule has 3 nitrogen and oxygen atoms in total. The summed E-state index contributed by atoms with van der Waals surface area (Å²) in [6, 6.07) is 0. The van der Waals surface area contributed by atoms with Gasteiger partial charge in [-0.3, -0.25) is 0 Å². The van der Waals surface area contributed by atoms with Gasteiger partial charge in [-0.15, -0.1) is 0 Å². The quantitative estimate of drug-likeness (QED) is 0.316. The van der Waals surface area contributed by atoms with Crippen LogP contribution in [0.1, 0.15) is 12.8 Å². The molecule has 4 unspecified atom stereocenters. The van der Waals surface area contributed by atoms with E-state index in [9.17, 15) is 0 Å². The highest BCUT2D eigenvalue weighted by Gasteiger charge is 2.64. The largest absolute Gasteiger partial charge is 0.367 e. The minimum Gasteiger partial charge on any atom is -0.367 e. The van der Waals surface area contributed by atoms with Crippen LogP contribution in [0, 0.1) is 11.8 Å². The van der Waals surface area contributed by atoms with Gasteiger partial charge in [0.2, 0.25) is 0 Å². The highest BCUT2D eigenvalue weighted by molar-refractivity contribution is 7.81. The van der Waals surface area contributed by atoms with Crippen LogP contribution >= 0.6 is 12.6 Å². The molecule has 2 saturated carbocycles. The smallest absolute Gasteiger partial charge is 0.170 e. The summed E-state index contributed by atoms with van der Waals surface area (Å²) in [7, 11) is 0. The lowest BCUT2D eigenvalue weighted by atomic mass is 9.94. The molecule has 2 aliphatic carbocycles. The van der Waals surface area contributed by atoms with E-state index in [0.717, 1.165) is 12.8 Å². The van der Waals surface area contributed by atoms with Crippen LogP contribution in [0.2, 0.25) is 0 Å². The maximum Gasteiger partial charge on any atom is 0.170 e. The average molecular weight is 175 g/mol. The Morgan fingerprint density at radius 2 is 2.18 bits per heavy atom. The molecular formula is C7H13NO2S. The van der Waals surface area contributed by atoms with E-state index in [1.54, 1.807) is 0 Å². The van der Waals surface area contributed by atoms with Crippen molar-refractivity contribution in [3.05, 3.63) is 0 Å². The van der Waals surface area contributed by atoms with E-state index in [-0.39, 0.29) is 5.92 Å². The first-order valence-corrected chi connectivity index (χ1v) is 4.42. The molecule has 4 atom stereocenters. The molecule has 4 heteroatoms. The summed E-state index contributed by atoms with van der Waals surface area (Å²) >= 11 is 4.30. The fraction of sp³-hybridized carbons (Fsp3) is 1.00. The molecule has 4 N–H and O–H groups in total. The van der Waals surface area contributed by atoms with Crippen molar-refractivity contribution in [2.75, 3.05) is 0 Å². The Morgan fingerprint density at radius 3 is 2.45 bits per heavy atom. The van der Waals surface area contributed by atoms with Crippen molar-refractivity contribution in [1.29, 1.82) is 0 Å². The monoisotopic (exact) mass is 175 g/mol. The number of hydrogen-bond donors (Lipinski definition) is 4. The lowest BCUT2D eigenvalue weighted by Gasteiger charge is -2.28. The SMILES string of the molecule is NC1(C(O)O)CCC2C(S)C21. The van der Waals surface area contributed by atoms with E-state index in [4.69, 9.17) is 15.9 Å². The minimum atomic E-state index is -1.38. The van der Waals surface area contributed by atoms with Crippen molar-refractivity contribution < 1.29 is 10.2 Å². The Hall–Kier alpha value is 0.230. The standard InChI is InChI=1S/C7H13NO2S/c8-7(6(9)10)2-1-3-4(7)5(3)11/h3-6,9-11H,1-2,8H2. The molecule has 64 valence electrons. The highest BCUT2D eigenvalue weighted by atomic mass is 32.1. The molecule has 0 aromatic heterocycles. The Kier molecular flexibility index (Phi) is 1.52. The maximum absolute atomic E-state index is 9.02. The molecule has 0 bridgehead atoms. The van der Waals surface area contributed by atoms with Gasteiger partial charge in [0.05, 0.1) is 5.54 Å². The Morgan fingerprint density at radius 1 is 1.55 bits per heavy atom. The minimum absolute atomic E-state index is 0.228. The molecule has 0 amide bonds. The van der Waals surface area contributed by atoms with Gasteiger partial charge in [-0.05, 0) is 24.7 Å². The van der Waals surface area contributed by atoms with Crippen LogP contribution in [0.25, 0.3) is 0 Å². The first kappa shape index (κ1) is 7.86. The number of nitrogens with two attached hydrogens (primary N) is 1. The molecule has 2 fully saturated rings. The van der Waals surface area contributed by atoms with Crippen LogP contribution in [-0.4, -0.2) is 27.3 Å². The average Bonchev–Trinajstić information content (AvgIpc) is 2.38. The maximum atomic E-state index is 9.02. The number of aliphatic hydroxyl groups is 2. The van der Waals surface area contributed by atoms with Crippen molar-refractivity contribution in [3.8, 4) is 0 Å². The van der Waals surface area contributed by atoms with Gasteiger partial charge in [0.25, 0.3) is 0 Å². The molecule has 0 aromatic carbocycles. The lowest BCUT2D eigenvalue weighted by Crippen LogP contribution is -2.52. The third kappa shape index (κ3) is 0.869. The Balaban J connectivity index is 2.15. The summed E-state index contributed by atoms with van der Waals surface area (Å²) in [5.41, 5.74) is 5.06. The van der Waals surface area contributed by atoms with Crippen molar-refractivity contribution in [1.82, 2.24) is 0 Å². The predicted molar refractivity (Wildman–Crippen MR) is 44.1 cm³/mol. The fourth-order valence-corrected chi connectivity index (χ4v) is 3.04. The van der Waals surface area contributed by atoms with Gasteiger partial charge in [0, 0.05) is 5.25 Å². The zero-order valence-corrected chi connectivity index (χ0v) is 7.04. The third-order valence-electron chi connectivity index (χ3n) is 3.14. The van der Waals surface area contributed by atoms with E-state index >= 15 is 0 Å². The van der Waals surface area contributed by atoms with E-state index in [0.29, 0.717) is 11.2 Å². The topological polar surface area (TPSA) is 66.5 Å². The predicted octanol–water partition coefficient (Wildman–Crippen LogP) is -0.667. The van der Waals surface area contributed by atoms with Gasteiger partial charge in [-0.1, -0.05) is 0 Å². The van der Waals surface area contributed by atoms with Crippen LogP contribution in [-0.2, 0) is 0 Å². The van der Waals surface area contributed by atoms with Crippen molar-refractivity contribution in [2.24, 2.45) is 17.6 Å². The van der Waals surface area contributed by atoms with E-state index < -0.39 is 11.8 Å². The number of thiol groups is 1. The summed E-state index contributed by atoms with van der Waals surface area (Å²) < 4.78 is 0. The fourth-order valence-electron chi connectivity index (χ4n) is 2.31. The molecule has 11 heavy (non-hydrogen) atoms. The normalized spacial score (nSPS) is 54.8. The molecule has 0 spiro atoms. The molecule has 2 aliphatic rings. The first-order valence-electron chi connectivity index (χ1n) is 3.90. The second-order valence-corrected chi connectivity index (χ2v) is 4.30. The van der Waals surface area contributed by atoms with Crippen LogP contribution in [0.3, 0.4) is 0 Å². The Bertz CT molecular complexity index is 187. The van der Waals surface area contributed by atoms with Gasteiger partial charge < -0.3 is 15.9 Å². The lowest BCUT2D eigenvalue weighted by molar-refractivity contribution is -0.101. The summed E-state index contributed by atoms with van der Waals surface area (Å²) in [5, 5.41) is 18.3. The number of fused-ring (bicyclic) bond motifs is 1. The van der Waals surface area contributed by atoms with Crippen molar-refractivity contribution in [2.45, 2.75) is 29.9 Å². The molecular weight excluding hydrogens is 162 g/mol. The highest BCUT2D eigenvalue weighted by Crippen LogP contribution is 2.59. The molecule has 0 heterocycles. The third-order valence-corrected chi connectivity index (χ3v) is 3.84. The molecule has 0 saturated heterocycles. The van der Waals surface area contributed by atoms with Gasteiger partial charge in [-0.2, -0.15) is 12.6 Å².